The first kappa shape index (κ1) is 12.0. The summed E-state index contributed by atoms with van der Waals surface area (Å²) in [6, 6.07) is 0. The van der Waals surface area contributed by atoms with Gasteiger partial charge in [0.15, 0.2) is 5.69 Å². The van der Waals surface area contributed by atoms with E-state index in [9.17, 15) is 4.79 Å². The molecule has 1 saturated carbocycles. The lowest BCUT2D eigenvalue weighted by atomic mass is 9.67. The van der Waals surface area contributed by atoms with Gasteiger partial charge in [0.05, 0.1) is 5.69 Å². The predicted molar refractivity (Wildman–Crippen MR) is 66.5 cm³/mol. The highest BCUT2D eigenvalue weighted by Gasteiger charge is 2.35. The van der Waals surface area contributed by atoms with Crippen molar-refractivity contribution in [2.45, 2.75) is 32.6 Å². The molecular weight excluding hydrogens is 216 g/mol. The smallest absolute Gasteiger partial charge is 0.273 e. The van der Waals surface area contributed by atoms with Crippen molar-refractivity contribution in [2.24, 2.45) is 12.5 Å². The summed E-state index contributed by atoms with van der Waals surface area (Å²) in [6.07, 6.45) is 6.46. The van der Waals surface area contributed by atoms with E-state index >= 15 is 0 Å². The molecule has 0 spiro atoms. The van der Waals surface area contributed by atoms with Crippen LogP contribution >= 0.6 is 0 Å². The number of rotatable bonds is 4. The number of carbonyl (C=O) groups is 1. The minimum Gasteiger partial charge on any atom is -0.396 e. The van der Waals surface area contributed by atoms with Crippen molar-refractivity contribution in [3.63, 3.8) is 0 Å². The molecule has 1 aliphatic carbocycles. The van der Waals surface area contributed by atoms with Crippen LogP contribution in [0.3, 0.4) is 0 Å². The summed E-state index contributed by atoms with van der Waals surface area (Å²) in [7, 11) is 1.76. The third-order valence-corrected chi connectivity index (χ3v) is 3.86. The van der Waals surface area contributed by atoms with E-state index in [1.807, 2.05) is 0 Å². The van der Waals surface area contributed by atoms with Gasteiger partial charge in [-0.15, -0.1) is 0 Å². The number of anilines is 1. The lowest BCUT2D eigenvalue weighted by Crippen LogP contribution is -2.41. The molecule has 2 rings (SSSR count). The summed E-state index contributed by atoms with van der Waals surface area (Å²) in [5.74, 6) is -0.164. The Kier molecular flexibility index (Phi) is 3.09. The summed E-state index contributed by atoms with van der Waals surface area (Å²) in [5, 5.41) is 7.01. The standard InChI is InChI=1S/C12H20N4O/c1-3-12(5-4-6-12)8-14-11(17)10-9(13)7-16(2)15-10/h7H,3-6,8,13H2,1-2H3,(H,14,17). The van der Waals surface area contributed by atoms with Crippen LogP contribution in [0.4, 0.5) is 5.69 Å². The Hall–Kier alpha value is -1.52. The first-order valence-electron chi connectivity index (χ1n) is 6.14. The van der Waals surface area contributed by atoms with Gasteiger partial charge in [-0.1, -0.05) is 13.3 Å². The number of nitrogens with two attached hydrogens (primary N) is 1. The maximum Gasteiger partial charge on any atom is 0.273 e. The van der Waals surface area contributed by atoms with E-state index in [0.717, 1.165) is 13.0 Å². The van der Waals surface area contributed by atoms with Gasteiger partial charge < -0.3 is 11.1 Å². The monoisotopic (exact) mass is 236 g/mol. The topological polar surface area (TPSA) is 72.9 Å². The van der Waals surface area contributed by atoms with Gasteiger partial charge in [-0.05, 0) is 24.7 Å². The Morgan fingerprint density at radius 2 is 2.35 bits per heavy atom. The van der Waals surface area contributed by atoms with E-state index in [2.05, 4.69) is 17.3 Å². The van der Waals surface area contributed by atoms with Gasteiger partial charge in [-0.2, -0.15) is 5.10 Å². The van der Waals surface area contributed by atoms with E-state index < -0.39 is 0 Å². The highest BCUT2D eigenvalue weighted by Crippen LogP contribution is 2.43. The summed E-state index contributed by atoms with van der Waals surface area (Å²) < 4.78 is 1.56. The number of hydrogen-bond acceptors (Lipinski definition) is 3. The third kappa shape index (κ3) is 2.28. The molecule has 0 aromatic carbocycles. The number of carbonyl (C=O) groups excluding carboxylic acids is 1. The minimum absolute atomic E-state index is 0.164. The summed E-state index contributed by atoms with van der Waals surface area (Å²) in [4.78, 5) is 11.9. The molecule has 0 bridgehead atoms. The van der Waals surface area contributed by atoms with E-state index in [0.29, 0.717) is 16.8 Å². The van der Waals surface area contributed by atoms with Crippen LogP contribution in [-0.2, 0) is 7.05 Å². The molecule has 5 heteroatoms. The Morgan fingerprint density at radius 3 is 2.76 bits per heavy atom. The van der Waals surface area contributed by atoms with Crippen LogP contribution in [0.15, 0.2) is 6.20 Å². The molecule has 94 valence electrons. The van der Waals surface area contributed by atoms with Crippen LogP contribution in [0.2, 0.25) is 0 Å². The van der Waals surface area contributed by atoms with Crippen LogP contribution in [-0.4, -0.2) is 22.2 Å². The zero-order valence-corrected chi connectivity index (χ0v) is 10.5. The Bertz CT molecular complexity index is 415. The second kappa shape index (κ2) is 4.39. The molecule has 17 heavy (non-hydrogen) atoms. The fourth-order valence-corrected chi connectivity index (χ4v) is 2.37. The molecule has 1 aliphatic rings. The molecule has 0 radical (unpaired) electrons. The van der Waals surface area contributed by atoms with Gasteiger partial charge in [0.2, 0.25) is 0 Å². The highest BCUT2D eigenvalue weighted by atomic mass is 16.2. The van der Waals surface area contributed by atoms with E-state index in [-0.39, 0.29) is 5.91 Å². The number of nitrogens with zero attached hydrogens (tertiary/aromatic N) is 2. The summed E-state index contributed by atoms with van der Waals surface area (Å²) >= 11 is 0. The average Bonchev–Trinajstić information content (AvgIpc) is 2.57. The second-order valence-corrected chi connectivity index (χ2v) is 5.00. The quantitative estimate of drug-likeness (QED) is 0.828. The van der Waals surface area contributed by atoms with Gasteiger partial charge in [-0.3, -0.25) is 9.48 Å². The van der Waals surface area contributed by atoms with Crippen molar-refractivity contribution in [1.29, 1.82) is 0 Å². The van der Waals surface area contributed by atoms with E-state index in [1.54, 1.807) is 17.9 Å². The van der Waals surface area contributed by atoms with Crippen molar-refractivity contribution < 1.29 is 4.79 Å². The van der Waals surface area contributed by atoms with Gasteiger partial charge in [-0.25, -0.2) is 0 Å². The Morgan fingerprint density at radius 1 is 1.65 bits per heavy atom. The second-order valence-electron chi connectivity index (χ2n) is 5.00. The third-order valence-electron chi connectivity index (χ3n) is 3.86. The maximum absolute atomic E-state index is 11.9. The van der Waals surface area contributed by atoms with E-state index in [1.165, 1.54) is 19.3 Å². The number of aryl methyl sites for hydroxylation is 1. The Balaban J connectivity index is 1.95. The van der Waals surface area contributed by atoms with Crippen molar-refractivity contribution in [1.82, 2.24) is 15.1 Å². The van der Waals surface area contributed by atoms with Crippen molar-refractivity contribution in [2.75, 3.05) is 12.3 Å². The zero-order chi connectivity index (χ0) is 12.5. The summed E-state index contributed by atoms with van der Waals surface area (Å²) in [5.41, 5.74) is 6.80. The molecule has 5 nitrogen and oxygen atoms in total. The molecule has 1 fully saturated rings. The molecule has 1 heterocycles. The molecule has 0 atom stereocenters. The first-order chi connectivity index (χ1) is 8.06. The average molecular weight is 236 g/mol. The van der Waals surface area contributed by atoms with Crippen LogP contribution in [0.5, 0.6) is 0 Å². The molecule has 0 saturated heterocycles. The predicted octanol–water partition coefficient (Wildman–Crippen LogP) is 1.31. The van der Waals surface area contributed by atoms with Gasteiger partial charge in [0.1, 0.15) is 0 Å². The van der Waals surface area contributed by atoms with Crippen LogP contribution < -0.4 is 11.1 Å². The van der Waals surface area contributed by atoms with Crippen molar-refractivity contribution in [3.05, 3.63) is 11.9 Å². The fraction of sp³-hybridized carbons (Fsp3) is 0.667. The molecule has 1 aromatic heterocycles. The normalized spacial score (nSPS) is 17.5. The lowest BCUT2D eigenvalue weighted by molar-refractivity contribution is 0.0845. The molecule has 3 N–H and O–H groups in total. The zero-order valence-electron chi connectivity index (χ0n) is 10.5. The number of nitrogens with one attached hydrogen (secondary N) is 1. The highest BCUT2D eigenvalue weighted by molar-refractivity contribution is 5.97. The number of aromatic nitrogens is 2. The number of amides is 1. The van der Waals surface area contributed by atoms with E-state index in [4.69, 9.17) is 5.73 Å². The molecule has 0 aliphatic heterocycles. The van der Waals surface area contributed by atoms with Gasteiger partial charge in [0.25, 0.3) is 5.91 Å². The van der Waals surface area contributed by atoms with Crippen LogP contribution in [0, 0.1) is 5.41 Å². The van der Waals surface area contributed by atoms with Gasteiger partial charge >= 0.3 is 0 Å². The molecule has 0 unspecified atom stereocenters. The van der Waals surface area contributed by atoms with Crippen molar-refractivity contribution >= 4 is 11.6 Å². The minimum atomic E-state index is -0.164. The molecule has 1 amide bonds. The number of hydrogen-bond donors (Lipinski definition) is 2. The first-order valence-corrected chi connectivity index (χ1v) is 6.14. The lowest BCUT2D eigenvalue weighted by Gasteiger charge is -2.41. The van der Waals surface area contributed by atoms with Crippen LogP contribution in [0.1, 0.15) is 43.1 Å². The SMILES string of the molecule is CCC1(CNC(=O)c2nn(C)cc2N)CCC1. The summed E-state index contributed by atoms with van der Waals surface area (Å²) in [6.45, 7) is 2.92. The van der Waals surface area contributed by atoms with Crippen molar-refractivity contribution in [3.8, 4) is 0 Å². The largest absolute Gasteiger partial charge is 0.396 e. The molecule has 1 aromatic rings. The molecular formula is C12H20N4O. The van der Waals surface area contributed by atoms with Gasteiger partial charge in [0, 0.05) is 19.8 Å². The number of nitrogen functional groups attached to an aromatic ring is 1. The Labute approximate surface area is 101 Å². The fourth-order valence-electron chi connectivity index (χ4n) is 2.37. The van der Waals surface area contributed by atoms with Crippen LogP contribution in [0.25, 0.3) is 0 Å². The maximum atomic E-state index is 11.9.